The van der Waals surface area contributed by atoms with Gasteiger partial charge in [-0.05, 0) is 12.3 Å². The van der Waals surface area contributed by atoms with E-state index < -0.39 is 22.0 Å². The van der Waals surface area contributed by atoms with Gasteiger partial charge in [0.25, 0.3) is 0 Å². The van der Waals surface area contributed by atoms with Crippen LogP contribution >= 0.6 is 0 Å². The smallest absolute Gasteiger partial charge is 0.235 e. The Bertz CT molecular complexity index is 271. The summed E-state index contributed by atoms with van der Waals surface area (Å²) < 4.78 is 23.8. The van der Waals surface area contributed by atoms with Crippen LogP contribution in [0.15, 0.2) is 0 Å². The number of hydrogen-bond donors (Lipinski definition) is 2. The molecule has 1 atom stereocenters. The van der Waals surface area contributed by atoms with Crippen LogP contribution in [0.2, 0.25) is 0 Å². The number of hydrogen-bond acceptors (Lipinski definition) is 3. The van der Waals surface area contributed by atoms with Gasteiger partial charge in [-0.2, -0.15) is 0 Å². The molecule has 0 heterocycles. The number of primary amides is 1. The van der Waals surface area contributed by atoms with Gasteiger partial charge in [-0.1, -0.05) is 13.8 Å². The molecule has 0 aromatic heterocycles. The zero-order valence-electron chi connectivity index (χ0n) is 8.07. The summed E-state index contributed by atoms with van der Waals surface area (Å²) in [5.41, 5.74) is 5.03. The van der Waals surface area contributed by atoms with Gasteiger partial charge < -0.3 is 5.73 Å². The molecule has 0 aliphatic rings. The van der Waals surface area contributed by atoms with E-state index in [4.69, 9.17) is 5.73 Å². The van der Waals surface area contributed by atoms with Gasteiger partial charge in [-0.3, -0.25) is 4.79 Å². The lowest BCUT2D eigenvalue weighted by Crippen LogP contribution is -2.44. The monoisotopic (exact) mass is 208 g/mol. The lowest BCUT2D eigenvalue weighted by Gasteiger charge is -2.15. The Labute approximate surface area is 78.7 Å². The molecule has 0 spiro atoms. The molecule has 13 heavy (non-hydrogen) atoms. The van der Waals surface area contributed by atoms with Crippen molar-refractivity contribution in [2.45, 2.75) is 26.3 Å². The Morgan fingerprint density at radius 1 is 1.46 bits per heavy atom. The van der Waals surface area contributed by atoms with Crippen LogP contribution in [0.5, 0.6) is 0 Å². The van der Waals surface area contributed by atoms with Gasteiger partial charge in [0, 0.05) is 0 Å². The summed E-state index contributed by atoms with van der Waals surface area (Å²) in [6, 6.07) is -0.796. The highest BCUT2D eigenvalue weighted by atomic mass is 32.2. The average Bonchev–Trinajstić information content (AvgIpc) is 1.81. The van der Waals surface area contributed by atoms with Crippen molar-refractivity contribution in [2.24, 2.45) is 11.7 Å². The summed E-state index contributed by atoms with van der Waals surface area (Å²) in [4.78, 5) is 10.8. The van der Waals surface area contributed by atoms with Crippen LogP contribution in [0, 0.1) is 5.92 Å². The molecule has 0 aliphatic heterocycles. The van der Waals surface area contributed by atoms with Crippen molar-refractivity contribution in [3.05, 3.63) is 0 Å². The van der Waals surface area contributed by atoms with Gasteiger partial charge in [0.05, 0.1) is 6.26 Å². The number of rotatable bonds is 5. The average molecular weight is 208 g/mol. The van der Waals surface area contributed by atoms with Crippen molar-refractivity contribution in [3.63, 3.8) is 0 Å². The molecule has 0 rings (SSSR count). The van der Waals surface area contributed by atoms with Crippen LogP contribution in [0.25, 0.3) is 0 Å². The van der Waals surface area contributed by atoms with E-state index in [0.717, 1.165) is 6.26 Å². The quantitative estimate of drug-likeness (QED) is 0.634. The van der Waals surface area contributed by atoms with Crippen molar-refractivity contribution >= 4 is 15.9 Å². The molecule has 0 saturated heterocycles. The second kappa shape index (κ2) is 4.57. The molecule has 5 nitrogen and oxygen atoms in total. The summed E-state index contributed by atoms with van der Waals surface area (Å²) in [6.45, 7) is 3.78. The highest BCUT2D eigenvalue weighted by Gasteiger charge is 2.20. The summed E-state index contributed by atoms with van der Waals surface area (Å²) >= 11 is 0. The first-order valence-corrected chi connectivity index (χ1v) is 5.88. The summed E-state index contributed by atoms with van der Waals surface area (Å²) in [6.07, 6.45) is 1.42. The topological polar surface area (TPSA) is 89.3 Å². The zero-order valence-corrected chi connectivity index (χ0v) is 8.89. The molecular weight excluding hydrogens is 192 g/mol. The number of sulfonamides is 1. The van der Waals surface area contributed by atoms with Crippen LogP contribution in [0.1, 0.15) is 20.3 Å². The number of nitrogens with one attached hydrogen (secondary N) is 1. The third-order valence-electron chi connectivity index (χ3n) is 1.41. The molecule has 0 radical (unpaired) electrons. The largest absolute Gasteiger partial charge is 0.368 e. The molecule has 1 amide bonds. The number of carbonyl (C=O) groups is 1. The second-order valence-corrected chi connectivity index (χ2v) is 5.25. The Kier molecular flexibility index (Phi) is 4.35. The van der Waals surface area contributed by atoms with Crippen molar-refractivity contribution < 1.29 is 13.2 Å². The summed E-state index contributed by atoms with van der Waals surface area (Å²) in [5, 5.41) is 0. The van der Waals surface area contributed by atoms with Crippen LogP contribution in [0.4, 0.5) is 0 Å². The standard InChI is InChI=1S/C7H16N2O3S/c1-5(2)4-6(7(8)10)9-13(3,11)12/h5-6,9H,4H2,1-3H3,(H2,8,10)/t6-/m0/s1. The lowest BCUT2D eigenvalue weighted by molar-refractivity contribution is -0.119. The molecule has 0 aromatic carbocycles. The Hall–Kier alpha value is -0.620. The van der Waals surface area contributed by atoms with Gasteiger partial charge in [0.1, 0.15) is 6.04 Å². The number of carbonyl (C=O) groups excluding carboxylic acids is 1. The lowest BCUT2D eigenvalue weighted by atomic mass is 10.0. The van der Waals surface area contributed by atoms with E-state index in [-0.39, 0.29) is 5.92 Å². The molecule has 0 aromatic rings. The Morgan fingerprint density at radius 3 is 2.15 bits per heavy atom. The van der Waals surface area contributed by atoms with Crippen LogP contribution < -0.4 is 10.5 Å². The Balaban J connectivity index is 4.37. The minimum Gasteiger partial charge on any atom is -0.368 e. The van der Waals surface area contributed by atoms with E-state index in [1.807, 2.05) is 13.8 Å². The number of nitrogens with two attached hydrogens (primary N) is 1. The normalized spacial score (nSPS) is 14.5. The molecule has 6 heteroatoms. The van der Waals surface area contributed by atoms with E-state index in [1.165, 1.54) is 0 Å². The van der Waals surface area contributed by atoms with Crippen molar-refractivity contribution in [3.8, 4) is 0 Å². The van der Waals surface area contributed by atoms with Crippen molar-refractivity contribution in [1.29, 1.82) is 0 Å². The maximum Gasteiger partial charge on any atom is 0.235 e. The van der Waals surface area contributed by atoms with E-state index in [1.54, 1.807) is 0 Å². The summed E-state index contributed by atoms with van der Waals surface area (Å²) in [5.74, 6) is -0.425. The van der Waals surface area contributed by atoms with E-state index in [2.05, 4.69) is 4.72 Å². The first-order valence-electron chi connectivity index (χ1n) is 3.99. The SMILES string of the molecule is CC(C)C[C@H](NS(C)(=O)=O)C(N)=O. The molecule has 0 bridgehead atoms. The number of amides is 1. The van der Waals surface area contributed by atoms with Crippen molar-refractivity contribution in [1.82, 2.24) is 4.72 Å². The minimum absolute atomic E-state index is 0.215. The maximum absolute atomic E-state index is 10.8. The molecule has 0 aliphatic carbocycles. The van der Waals surface area contributed by atoms with Crippen LogP contribution in [-0.4, -0.2) is 26.6 Å². The third-order valence-corrected chi connectivity index (χ3v) is 2.12. The van der Waals surface area contributed by atoms with Crippen LogP contribution in [-0.2, 0) is 14.8 Å². The predicted molar refractivity (Wildman–Crippen MR) is 50.4 cm³/mol. The van der Waals surface area contributed by atoms with E-state index in [0.29, 0.717) is 6.42 Å². The van der Waals surface area contributed by atoms with Crippen LogP contribution in [0.3, 0.4) is 0 Å². The highest BCUT2D eigenvalue weighted by Crippen LogP contribution is 2.04. The fourth-order valence-corrected chi connectivity index (χ4v) is 1.68. The second-order valence-electron chi connectivity index (χ2n) is 3.47. The fraction of sp³-hybridized carbons (Fsp3) is 0.857. The maximum atomic E-state index is 10.8. The predicted octanol–water partition coefficient (Wildman–Crippen LogP) is -0.564. The van der Waals surface area contributed by atoms with Gasteiger partial charge in [-0.25, -0.2) is 13.1 Å². The summed E-state index contributed by atoms with van der Waals surface area (Å²) in [7, 11) is -3.36. The molecule has 0 unspecified atom stereocenters. The third kappa shape index (κ3) is 6.53. The zero-order chi connectivity index (χ0) is 10.6. The minimum atomic E-state index is -3.36. The van der Waals surface area contributed by atoms with Gasteiger partial charge in [0.2, 0.25) is 15.9 Å². The molecule has 0 saturated carbocycles. The van der Waals surface area contributed by atoms with Gasteiger partial charge >= 0.3 is 0 Å². The first-order chi connectivity index (χ1) is 5.72. The molecule has 0 fully saturated rings. The van der Waals surface area contributed by atoms with Gasteiger partial charge in [-0.15, -0.1) is 0 Å². The molecule has 3 N–H and O–H groups in total. The Morgan fingerprint density at radius 2 is 1.92 bits per heavy atom. The molecular formula is C7H16N2O3S. The van der Waals surface area contributed by atoms with E-state index >= 15 is 0 Å². The van der Waals surface area contributed by atoms with E-state index in [9.17, 15) is 13.2 Å². The van der Waals surface area contributed by atoms with Crippen molar-refractivity contribution in [2.75, 3.05) is 6.26 Å². The van der Waals surface area contributed by atoms with Gasteiger partial charge in [0.15, 0.2) is 0 Å². The molecule has 78 valence electrons. The first kappa shape index (κ1) is 12.4. The highest BCUT2D eigenvalue weighted by molar-refractivity contribution is 7.88. The fourth-order valence-electron chi connectivity index (χ4n) is 0.952.